The second-order valence-electron chi connectivity index (χ2n) is 8.39. The molecule has 1 N–H and O–H groups in total. The van der Waals surface area contributed by atoms with E-state index in [4.69, 9.17) is 17.3 Å². The van der Waals surface area contributed by atoms with Gasteiger partial charge in [-0.2, -0.15) is 13.9 Å². The van der Waals surface area contributed by atoms with Gasteiger partial charge in [0.1, 0.15) is 5.75 Å². The average Bonchev–Trinajstić information content (AvgIpc) is 3.21. The molecule has 4 rings (SSSR count). The van der Waals surface area contributed by atoms with Crippen molar-refractivity contribution in [3.05, 3.63) is 65.0 Å². The Morgan fingerprint density at radius 3 is 2.47 bits per heavy atom. The van der Waals surface area contributed by atoms with Crippen molar-refractivity contribution in [2.45, 2.75) is 25.5 Å². The molecule has 0 spiro atoms. The third kappa shape index (κ3) is 5.15. The fourth-order valence-corrected chi connectivity index (χ4v) is 4.29. The van der Waals surface area contributed by atoms with Crippen LogP contribution in [-0.2, 0) is 0 Å². The van der Waals surface area contributed by atoms with Gasteiger partial charge >= 0.3 is 6.61 Å². The highest BCUT2D eigenvalue weighted by molar-refractivity contribution is 6.31. The molecule has 3 aromatic rings. The molecular weight excluding hydrogens is 464 g/mol. The van der Waals surface area contributed by atoms with Gasteiger partial charge in [0, 0.05) is 41.5 Å². The highest BCUT2D eigenvalue weighted by Crippen LogP contribution is 2.38. The molecule has 0 atom stereocenters. The lowest BCUT2D eigenvalue weighted by molar-refractivity contribution is -0.0494. The van der Waals surface area contributed by atoms with Crippen LogP contribution in [0.5, 0.6) is 5.75 Å². The first-order valence-electron chi connectivity index (χ1n) is 10.8. The number of ether oxygens (including phenoxy) is 1. The summed E-state index contributed by atoms with van der Waals surface area (Å²) in [5, 5.41) is 4.70. The molecule has 10 heteroatoms. The predicted octanol–water partition coefficient (Wildman–Crippen LogP) is 5.64. The maximum Gasteiger partial charge on any atom is 0.387 e. The van der Waals surface area contributed by atoms with Gasteiger partial charge in [-0.3, -0.25) is 4.79 Å². The standard InChI is InChI=1S/C24H25ClF2N5O2/c1-30(2)17-9-11-31(12-10-17)23(33)15-3-6-18(7-4-15)32-14-20(28)22(29-32)19-13-16(25)5-8-21(19)34-24(26)27/h3-8,13-14,17,24,28H,9-12H2,1-2H3/q-1. The molecule has 0 radical (unpaired) electrons. The van der Waals surface area contributed by atoms with Crippen LogP contribution in [0, 0.1) is 0 Å². The number of rotatable bonds is 6. The second kappa shape index (κ2) is 9.99. The fraction of sp³-hybridized carbons (Fsp3) is 0.333. The number of amides is 1. The molecule has 1 aliphatic heterocycles. The van der Waals surface area contributed by atoms with Gasteiger partial charge in [0.05, 0.1) is 11.4 Å². The quantitative estimate of drug-likeness (QED) is 0.449. The molecule has 1 aliphatic rings. The number of nitrogens with zero attached hydrogens (tertiary/aromatic N) is 4. The third-order valence-electron chi connectivity index (χ3n) is 5.99. The van der Waals surface area contributed by atoms with E-state index in [0.717, 1.165) is 25.9 Å². The van der Waals surface area contributed by atoms with Crippen LogP contribution >= 0.6 is 11.6 Å². The van der Waals surface area contributed by atoms with Crippen molar-refractivity contribution in [3.63, 3.8) is 0 Å². The Labute approximate surface area is 201 Å². The minimum Gasteiger partial charge on any atom is -0.696 e. The first-order chi connectivity index (χ1) is 16.2. The van der Waals surface area contributed by atoms with Crippen LogP contribution in [0.3, 0.4) is 0 Å². The van der Waals surface area contributed by atoms with E-state index in [1.54, 1.807) is 24.3 Å². The van der Waals surface area contributed by atoms with Crippen LogP contribution in [0.2, 0.25) is 5.02 Å². The summed E-state index contributed by atoms with van der Waals surface area (Å²) in [7, 11) is 4.12. The predicted molar refractivity (Wildman–Crippen MR) is 127 cm³/mol. The molecule has 34 heavy (non-hydrogen) atoms. The average molecular weight is 489 g/mol. The van der Waals surface area contributed by atoms with Crippen molar-refractivity contribution in [2.24, 2.45) is 0 Å². The normalized spacial score (nSPS) is 14.7. The zero-order valence-corrected chi connectivity index (χ0v) is 19.6. The van der Waals surface area contributed by atoms with E-state index in [-0.39, 0.29) is 28.6 Å². The van der Waals surface area contributed by atoms with Gasteiger partial charge in [-0.25, -0.2) is 4.68 Å². The number of benzene rings is 2. The Morgan fingerprint density at radius 2 is 1.85 bits per heavy atom. The number of hydrogen-bond acceptors (Lipinski definition) is 4. The van der Waals surface area contributed by atoms with E-state index in [1.807, 2.05) is 4.90 Å². The van der Waals surface area contributed by atoms with Gasteiger partial charge in [-0.15, -0.1) is 0 Å². The molecule has 2 heterocycles. The highest BCUT2D eigenvalue weighted by Gasteiger charge is 2.24. The van der Waals surface area contributed by atoms with Gasteiger partial charge in [0.25, 0.3) is 5.91 Å². The smallest absolute Gasteiger partial charge is 0.387 e. The van der Waals surface area contributed by atoms with E-state index in [1.165, 1.54) is 29.1 Å². The lowest BCUT2D eigenvalue weighted by Gasteiger charge is -2.35. The molecule has 0 saturated carbocycles. The van der Waals surface area contributed by atoms with E-state index < -0.39 is 6.61 Å². The van der Waals surface area contributed by atoms with E-state index in [2.05, 4.69) is 28.8 Å². The van der Waals surface area contributed by atoms with Crippen molar-refractivity contribution in [1.29, 1.82) is 0 Å². The summed E-state index contributed by atoms with van der Waals surface area (Å²) < 4.78 is 31.7. The Kier molecular flexibility index (Phi) is 7.04. The first kappa shape index (κ1) is 24.0. The summed E-state index contributed by atoms with van der Waals surface area (Å²) in [6.45, 7) is -1.58. The maximum atomic E-state index is 12.9. The van der Waals surface area contributed by atoms with Gasteiger partial charge in [0.2, 0.25) is 0 Å². The largest absolute Gasteiger partial charge is 0.696 e. The monoisotopic (exact) mass is 488 g/mol. The van der Waals surface area contributed by atoms with Gasteiger partial charge in [-0.1, -0.05) is 17.3 Å². The number of nitrogens with one attached hydrogen (secondary N) is 1. The molecule has 2 aromatic carbocycles. The Morgan fingerprint density at radius 1 is 1.18 bits per heavy atom. The van der Waals surface area contributed by atoms with Crippen LogP contribution < -0.4 is 4.74 Å². The van der Waals surface area contributed by atoms with Gasteiger partial charge in [0.15, 0.2) is 0 Å². The molecule has 0 bridgehead atoms. The number of likely N-dealkylation sites (tertiary alicyclic amines) is 1. The summed E-state index contributed by atoms with van der Waals surface area (Å²) in [4.78, 5) is 17.0. The number of carbonyl (C=O) groups excluding carboxylic acids is 1. The number of aromatic nitrogens is 2. The lowest BCUT2D eigenvalue weighted by Crippen LogP contribution is -2.44. The summed E-state index contributed by atoms with van der Waals surface area (Å²) in [6.07, 6.45) is 3.35. The molecular formula is C24H25ClF2N5O2-. The van der Waals surface area contributed by atoms with Crippen molar-refractivity contribution in [1.82, 2.24) is 19.6 Å². The van der Waals surface area contributed by atoms with Gasteiger partial charge < -0.3 is 20.3 Å². The lowest BCUT2D eigenvalue weighted by atomic mass is 10.0. The molecule has 1 saturated heterocycles. The summed E-state index contributed by atoms with van der Waals surface area (Å²) in [5.74, 6) is -0.129. The Balaban J connectivity index is 1.53. The third-order valence-corrected chi connectivity index (χ3v) is 6.22. The molecule has 7 nitrogen and oxygen atoms in total. The molecule has 180 valence electrons. The van der Waals surface area contributed by atoms with Gasteiger partial charge in [-0.05, 0) is 69.4 Å². The maximum absolute atomic E-state index is 12.9. The minimum atomic E-state index is -3.02. The van der Waals surface area contributed by atoms with Crippen LogP contribution in [-0.4, -0.2) is 65.3 Å². The summed E-state index contributed by atoms with van der Waals surface area (Å²) in [6, 6.07) is 11.6. The highest BCUT2D eigenvalue weighted by atomic mass is 35.5. The van der Waals surface area contributed by atoms with E-state index in [0.29, 0.717) is 22.3 Å². The number of alkyl halides is 2. The topological polar surface area (TPSA) is 74.4 Å². The number of halogens is 3. The Bertz CT molecular complexity index is 1160. The van der Waals surface area contributed by atoms with E-state index >= 15 is 0 Å². The SMILES string of the molecule is CN(C)C1CCN(C(=O)c2ccc(-n3cc([NH-])c(-c4cc(Cl)ccc4OC(F)F)n3)cc2)CC1. The zero-order chi connectivity index (χ0) is 24.4. The molecule has 0 aliphatic carbocycles. The first-order valence-corrected chi connectivity index (χ1v) is 11.2. The number of piperidine rings is 1. The van der Waals surface area contributed by atoms with Crippen molar-refractivity contribution in [3.8, 4) is 22.7 Å². The summed E-state index contributed by atoms with van der Waals surface area (Å²) in [5.41, 5.74) is 9.86. The zero-order valence-electron chi connectivity index (χ0n) is 18.8. The Hall–Kier alpha value is -3.17. The summed E-state index contributed by atoms with van der Waals surface area (Å²) >= 11 is 6.04. The van der Waals surface area contributed by atoms with Crippen LogP contribution in [0.4, 0.5) is 14.5 Å². The van der Waals surface area contributed by atoms with Crippen LogP contribution in [0.25, 0.3) is 22.7 Å². The molecule has 1 aromatic heterocycles. The van der Waals surface area contributed by atoms with Crippen molar-refractivity contribution in [2.75, 3.05) is 27.2 Å². The van der Waals surface area contributed by atoms with E-state index in [9.17, 15) is 13.6 Å². The molecule has 0 unspecified atom stereocenters. The minimum absolute atomic E-state index is 0.0150. The van der Waals surface area contributed by atoms with Crippen LogP contribution in [0.15, 0.2) is 48.7 Å². The van der Waals surface area contributed by atoms with Crippen molar-refractivity contribution >= 4 is 23.2 Å². The number of carbonyl (C=O) groups is 1. The molecule has 1 fully saturated rings. The second-order valence-corrected chi connectivity index (χ2v) is 8.83. The fourth-order valence-electron chi connectivity index (χ4n) is 4.12. The van der Waals surface area contributed by atoms with Crippen molar-refractivity contribution < 1.29 is 18.3 Å². The molecule has 1 amide bonds. The van der Waals surface area contributed by atoms with Crippen LogP contribution in [0.1, 0.15) is 23.2 Å². The number of hydrogen-bond donors (Lipinski definition) is 0.